The molecule has 0 rings (SSSR count). The summed E-state index contributed by atoms with van der Waals surface area (Å²) >= 11 is 0. The van der Waals surface area contributed by atoms with Crippen LogP contribution in [0.1, 0.15) is 0 Å². The van der Waals surface area contributed by atoms with E-state index in [4.69, 9.17) is 59.4 Å². The van der Waals surface area contributed by atoms with Crippen molar-refractivity contribution in [2.45, 2.75) is 0 Å². The number of hydrogen-bond acceptors (Lipinski definition) is 6. The first-order valence-electron chi connectivity index (χ1n) is 2.96. The van der Waals surface area contributed by atoms with Crippen LogP contribution in [0.25, 0.3) is 0 Å². The van der Waals surface area contributed by atoms with Gasteiger partial charge in [-0.05, 0) is 0 Å². The zero-order valence-electron chi connectivity index (χ0n) is 11.6. The first kappa shape index (κ1) is 107. The Morgan fingerprint density at radius 3 is 0.292 bits per heavy atom. The number of rotatable bonds is 0. The van der Waals surface area contributed by atoms with E-state index in [1.165, 1.54) is 0 Å². The van der Waals surface area contributed by atoms with E-state index in [2.05, 4.69) is 0 Å². The van der Waals surface area contributed by atoms with E-state index in [1.807, 2.05) is 0 Å². The maximum Gasteiger partial charge on any atom is 0.290 e. The molecule has 24 heavy (non-hydrogen) atoms. The first-order valence-corrected chi connectivity index (χ1v) is 2.96. The van der Waals surface area contributed by atoms with Crippen LogP contribution >= 0.6 is 0 Å². The van der Waals surface area contributed by atoms with E-state index in [1.54, 1.807) is 0 Å². The predicted octanol–water partition coefficient (Wildman–Crippen LogP) is -6.74. The Morgan fingerprint density at radius 1 is 0.292 bits per heavy atom. The predicted molar refractivity (Wildman–Crippen MR) is 73.8 cm³/mol. The van der Waals surface area contributed by atoms with Crippen LogP contribution in [-0.4, -0.2) is 102 Å². The number of carbonyl (C=O) groups is 6. The Labute approximate surface area is 132 Å². The Bertz CT molecular complexity index is 111. The maximum absolute atomic E-state index is 8.36. The van der Waals surface area contributed by atoms with Crippen LogP contribution in [0.4, 0.5) is 0 Å². The third kappa shape index (κ3) is 491. The molecule has 0 aromatic rings. The topological polar surface area (TPSA) is 413 Å². The minimum atomic E-state index is -0.250. The summed E-state index contributed by atoms with van der Waals surface area (Å²) in [5, 5.41) is 41.3. The molecular weight excluding hydrogens is 360 g/mol. The molecule has 0 unspecified atom stereocenters. The average molecular weight is 384 g/mol. The summed E-state index contributed by atoms with van der Waals surface area (Å²) in [7, 11) is 0. The Balaban J connectivity index is -0.00000000686. The Hall–Kier alpha value is -3.42. The van der Waals surface area contributed by atoms with Crippen molar-refractivity contribution in [3.05, 3.63) is 0 Å². The highest BCUT2D eigenvalue weighted by molar-refractivity contribution is 5.33. The molecule has 0 aliphatic carbocycles. The smallest absolute Gasteiger partial charge is 0.290 e. The summed E-state index contributed by atoms with van der Waals surface area (Å²) in [6.45, 7) is -1.50. The lowest BCUT2D eigenvalue weighted by Gasteiger charge is -1.34. The second-order valence-corrected chi connectivity index (χ2v) is 0.632. The number of carboxylic acid groups (broad SMARTS) is 6. The van der Waals surface area contributed by atoms with Crippen LogP contribution in [0.5, 0.6) is 0 Å². The molecule has 0 aromatic carbocycles. The lowest BCUT2D eigenvalue weighted by atomic mass is 11.7. The minimum Gasteiger partial charge on any atom is -0.483 e. The first-order chi connectivity index (χ1) is 8.49. The molecule has 18 heteroatoms. The highest BCUT2D eigenvalue weighted by atomic mass is 16.4. The number of hydrogen-bond donors (Lipinski definition) is 6. The molecular formula is C6H24O18. The van der Waals surface area contributed by atoms with Crippen LogP contribution in [0.15, 0.2) is 0 Å². The zero-order chi connectivity index (χ0) is 16.2. The zero-order valence-corrected chi connectivity index (χ0v) is 11.6. The minimum absolute atomic E-state index is 0. The van der Waals surface area contributed by atoms with E-state index >= 15 is 0 Å². The monoisotopic (exact) mass is 384 g/mol. The van der Waals surface area contributed by atoms with Gasteiger partial charge in [0.05, 0.1) is 0 Å². The fourth-order valence-electron chi connectivity index (χ4n) is 0. The maximum atomic E-state index is 8.36. The molecule has 0 saturated carbocycles. The molecule has 0 saturated heterocycles. The van der Waals surface area contributed by atoms with Gasteiger partial charge in [0.25, 0.3) is 38.8 Å². The van der Waals surface area contributed by atoms with Gasteiger partial charge in [-0.1, -0.05) is 0 Å². The van der Waals surface area contributed by atoms with Gasteiger partial charge in [-0.3, -0.25) is 28.8 Å². The third-order valence-corrected chi connectivity index (χ3v) is 0. The van der Waals surface area contributed by atoms with Crippen molar-refractivity contribution in [1.29, 1.82) is 0 Å². The summed E-state index contributed by atoms with van der Waals surface area (Å²) in [5.41, 5.74) is 0. The van der Waals surface area contributed by atoms with E-state index in [-0.39, 0.29) is 71.7 Å². The van der Waals surface area contributed by atoms with Gasteiger partial charge in [0.2, 0.25) is 0 Å². The van der Waals surface area contributed by atoms with Gasteiger partial charge >= 0.3 is 0 Å². The van der Waals surface area contributed by atoms with Gasteiger partial charge in [0.15, 0.2) is 0 Å². The molecule has 18 N–H and O–H groups in total. The van der Waals surface area contributed by atoms with Gasteiger partial charge < -0.3 is 63.5 Å². The van der Waals surface area contributed by atoms with E-state index in [0.717, 1.165) is 0 Å². The summed E-state index contributed by atoms with van der Waals surface area (Å²) in [5.74, 6) is 0. The molecule has 18 nitrogen and oxygen atoms in total. The Kier molecular flexibility index (Phi) is 4530. The Morgan fingerprint density at radius 2 is 0.292 bits per heavy atom. The average Bonchev–Trinajstić information content (AvgIpc) is 2.23. The van der Waals surface area contributed by atoms with Crippen LogP contribution in [-0.2, 0) is 28.8 Å². The molecule has 0 bridgehead atoms. The second-order valence-electron chi connectivity index (χ2n) is 0.632. The summed E-state index contributed by atoms with van der Waals surface area (Å²) in [6.07, 6.45) is 0. The lowest BCUT2D eigenvalue weighted by molar-refractivity contribution is -0.123. The highest BCUT2D eigenvalue weighted by Gasteiger charge is 1.23. The molecule has 0 atom stereocenters. The second kappa shape index (κ2) is 1020. The molecule has 0 aliphatic heterocycles. The van der Waals surface area contributed by atoms with Gasteiger partial charge in [-0.15, -0.1) is 0 Å². The van der Waals surface area contributed by atoms with Crippen molar-refractivity contribution in [1.82, 2.24) is 0 Å². The standard InChI is InChI=1S/6CH2O2.6H2O/c6*2-1-3;;;;;;/h6*1H,(H,2,3);6*1H2. The molecule has 0 spiro atoms. The van der Waals surface area contributed by atoms with E-state index in [0.29, 0.717) is 0 Å². The fourth-order valence-corrected chi connectivity index (χ4v) is 0. The molecule has 156 valence electrons. The van der Waals surface area contributed by atoms with Crippen molar-refractivity contribution in [3.63, 3.8) is 0 Å². The quantitative estimate of drug-likeness (QED) is 0.212. The fraction of sp³-hybridized carbons (Fsp3) is 0. The van der Waals surface area contributed by atoms with Crippen LogP contribution in [0, 0.1) is 0 Å². The lowest BCUT2D eigenvalue weighted by Crippen LogP contribution is -1.49. The van der Waals surface area contributed by atoms with Gasteiger partial charge in [-0.2, -0.15) is 0 Å². The summed E-state index contributed by atoms with van der Waals surface area (Å²) in [4.78, 5) is 50.2. The third-order valence-electron chi connectivity index (χ3n) is 0. The van der Waals surface area contributed by atoms with Crippen molar-refractivity contribution in [2.75, 3.05) is 0 Å². The normalized spacial score (nSPS) is 3.00. The van der Waals surface area contributed by atoms with Crippen LogP contribution in [0.3, 0.4) is 0 Å². The van der Waals surface area contributed by atoms with Gasteiger partial charge in [-0.25, -0.2) is 0 Å². The summed E-state index contributed by atoms with van der Waals surface area (Å²) in [6, 6.07) is 0. The molecule has 0 fully saturated rings. The van der Waals surface area contributed by atoms with Crippen LogP contribution in [0.2, 0.25) is 0 Å². The van der Waals surface area contributed by atoms with E-state index < -0.39 is 0 Å². The van der Waals surface area contributed by atoms with Crippen molar-refractivity contribution >= 4 is 38.8 Å². The highest BCUT2D eigenvalue weighted by Crippen LogP contribution is 0.981. The summed E-state index contributed by atoms with van der Waals surface area (Å²) < 4.78 is 0. The van der Waals surface area contributed by atoms with Crippen molar-refractivity contribution < 1.29 is 92.3 Å². The SMILES string of the molecule is O.O.O.O.O.O.O=CO.O=CO.O=CO.O=CO.O=CO.O=CO. The van der Waals surface area contributed by atoms with Gasteiger partial charge in [0.1, 0.15) is 0 Å². The van der Waals surface area contributed by atoms with Gasteiger partial charge in [0, 0.05) is 0 Å². The molecule has 0 aromatic heterocycles. The molecule has 0 amide bonds. The largest absolute Gasteiger partial charge is 0.483 e. The molecule has 0 radical (unpaired) electrons. The van der Waals surface area contributed by atoms with Crippen LogP contribution < -0.4 is 0 Å². The molecule has 0 aliphatic rings. The van der Waals surface area contributed by atoms with Crippen molar-refractivity contribution in [3.8, 4) is 0 Å². The van der Waals surface area contributed by atoms with E-state index in [9.17, 15) is 0 Å². The van der Waals surface area contributed by atoms with Crippen molar-refractivity contribution in [2.24, 2.45) is 0 Å². The molecule has 0 heterocycles.